The van der Waals surface area contributed by atoms with Crippen LogP contribution in [0.15, 0.2) is 0 Å². The van der Waals surface area contributed by atoms with Gasteiger partial charge in [-0.05, 0) is 6.92 Å². The number of hydrogen-bond donors (Lipinski definition) is 2. The lowest BCUT2D eigenvalue weighted by molar-refractivity contribution is 0.245. The second kappa shape index (κ2) is 3.46. The quantitative estimate of drug-likeness (QED) is 0.483. The van der Waals surface area contributed by atoms with Crippen molar-refractivity contribution in [2.24, 2.45) is 0 Å². The molecule has 7 heavy (non-hydrogen) atoms. The van der Waals surface area contributed by atoms with E-state index in [9.17, 15) is 4.79 Å². The van der Waals surface area contributed by atoms with Crippen molar-refractivity contribution < 1.29 is 4.79 Å². The van der Waals surface area contributed by atoms with E-state index in [0.29, 0.717) is 0 Å². The van der Waals surface area contributed by atoms with E-state index in [4.69, 9.17) is 0 Å². The molecule has 2 amide bonds. The van der Waals surface area contributed by atoms with E-state index in [1.807, 2.05) is 0 Å². The first-order valence-corrected chi connectivity index (χ1v) is 2.07. The van der Waals surface area contributed by atoms with Gasteiger partial charge in [-0.3, -0.25) is 0 Å². The van der Waals surface area contributed by atoms with Crippen molar-refractivity contribution in [3.8, 4) is 0 Å². The number of nitrogens with one attached hydrogen (secondary N) is 2. The van der Waals surface area contributed by atoms with Crippen LogP contribution in [0.25, 0.3) is 0 Å². The second-order valence-corrected chi connectivity index (χ2v) is 1.01. The highest BCUT2D eigenvalue weighted by Gasteiger charge is 1.86. The van der Waals surface area contributed by atoms with Gasteiger partial charge in [-0.25, -0.2) is 4.79 Å². The highest BCUT2D eigenvalue weighted by atomic mass is 16.2. The Kier molecular flexibility index (Phi) is 3.10. The Balaban J connectivity index is 3.00. The molecule has 0 aromatic rings. The molecule has 0 aliphatic heterocycles. The Morgan fingerprint density at radius 3 is 2.43 bits per heavy atom. The third-order valence-electron chi connectivity index (χ3n) is 0.502. The van der Waals surface area contributed by atoms with Crippen molar-refractivity contribution in [1.82, 2.24) is 10.6 Å². The maximum atomic E-state index is 10.2. The Morgan fingerprint density at radius 1 is 1.71 bits per heavy atom. The van der Waals surface area contributed by atoms with Gasteiger partial charge in [0.25, 0.3) is 0 Å². The van der Waals surface area contributed by atoms with Crippen LogP contribution in [0, 0.1) is 6.54 Å². The van der Waals surface area contributed by atoms with E-state index in [0.717, 1.165) is 0 Å². The predicted octanol–water partition coefficient (Wildman–Crippen LogP) is 0.0971. The number of carbonyl (C=O) groups is 1. The summed E-state index contributed by atoms with van der Waals surface area (Å²) in [5, 5.41) is 4.80. The zero-order chi connectivity index (χ0) is 5.70. The van der Waals surface area contributed by atoms with Gasteiger partial charge in [-0.1, -0.05) is 0 Å². The first kappa shape index (κ1) is 6.27. The summed E-state index contributed by atoms with van der Waals surface area (Å²) in [5.41, 5.74) is 0. The number of amides is 2. The summed E-state index contributed by atoms with van der Waals surface area (Å²) in [6, 6.07) is -0.178. The van der Waals surface area contributed by atoms with Gasteiger partial charge < -0.3 is 10.6 Å². The van der Waals surface area contributed by atoms with Gasteiger partial charge in [0, 0.05) is 13.6 Å². The summed E-state index contributed by atoms with van der Waals surface area (Å²) in [5.74, 6) is 0. The Labute approximate surface area is 43.1 Å². The zero-order valence-electron chi connectivity index (χ0n) is 4.49. The minimum atomic E-state index is -0.178. The van der Waals surface area contributed by atoms with Crippen molar-refractivity contribution in [1.29, 1.82) is 0 Å². The molecule has 0 atom stereocenters. The molecule has 0 spiro atoms. The highest BCUT2D eigenvalue weighted by Crippen LogP contribution is 1.61. The lowest BCUT2D eigenvalue weighted by Gasteiger charge is -1.95. The monoisotopic (exact) mass is 101 g/mol. The summed E-state index contributed by atoms with van der Waals surface area (Å²) in [4.78, 5) is 10.2. The van der Waals surface area contributed by atoms with Crippen molar-refractivity contribution in [2.75, 3.05) is 7.05 Å². The van der Waals surface area contributed by atoms with Crippen LogP contribution in [0.5, 0.6) is 0 Å². The molecule has 0 aromatic heterocycles. The van der Waals surface area contributed by atoms with Gasteiger partial charge in [0.2, 0.25) is 0 Å². The van der Waals surface area contributed by atoms with E-state index >= 15 is 0 Å². The number of hydrogen-bond acceptors (Lipinski definition) is 1. The second-order valence-electron chi connectivity index (χ2n) is 1.01. The van der Waals surface area contributed by atoms with Crippen molar-refractivity contribution >= 4 is 6.03 Å². The van der Waals surface area contributed by atoms with Crippen LogP contribution in [0.1, 0.15) is 6.92 Å². The van der Waals surface area contributed by atoms with Crippen LogP contribution < -0.4 is 10.6 Å². The highest BCUT2D eigenvalue weighted by molar-refractivity contribution is 5.73. The average molecular weight is 101 g/mol. The summed E-state index contributed by atoms with van der Waals surface area (Å²) in [6.45, 7) is 3.31. The molecule has 3 nitrogen and oxygen atoms in total. The molecule has 2 N–H and O–H groups in total. The van der Waals surface area contributed by atoms with Gasteiger partial charge in [0.05, 0.1) is 0 Å². The molecule has 0 rings (SSSR count). The normalized spacial score (nSPS) is 7.71. The first-order valence-electron chi connectivity index (χ1n) is 2.07. The van der Waals surface area contributed by atoms with Crippen LogP contribution >= 0.6 is 0 Å². The van der Waals surface area contributed by atoms with Gasteiger partial charge in [-0.15, -0.1) is 0 Å². The molecule has 1 radical (unpaired) electrons. The molecule has 0 fully saturated rings. The Morgan fingerprint density at radius 2 is 2.29 bits per heavy atom. The van der Waals surface area contributed by atoms with Crippen LogP contribution in [-0.4, -0.2) is 13.1 Å². The topological polar surface area (TPSA) is 41.1 Å². The van der Waals surface area contributed by atoms with E-state index in [1.54, 1.807) is 20.5 Å². The first-order chi connectivity index (χ1) is 3.31. The summed E-state index contributed by atoms with van der Waals surface area (Å²) < 4.78 is 0. The molecule has 0 saturated carbocycles. The molecule has 0 aliphatic carbocycles. The van der Waals surface area contributed by atoms with Gasteiger partial charge >= 0.3 is 6.03 Å². The predicted molar refractivity (Wildman–Crippen MR) is 27.6 cm³/mol. The van der Waals surface area contributed by atoms with Crippen molar-refractivity contribution in [2.45, 2.75) is 6.92 Å². The minimum absolute atomic E-state index is 0.178. The molecule has 0 aromatic carbocycles. The third-order valence-corrected chi connectivity index (χ3v) is 0.502. The average Bonchev–Trinajstić information content (AvgIpc) is 1.68. The maximum Gasteiger partial charge on any atom is 0.314 e. The number of urea groups is 1. The third kappa shape index (κ3) is 3.09. The molecule has 0 heterocycles. The van der Waals surface area contributed by atoms with Crippen LogP contribution in [0.2, 0.25) is 0 Å². The van der Waals surface area contributed by atoms with E-state index in [-0.39, 0.29) is 6.03 Å². The molecule has 0 aliphatic rings. The van der Waals surface area contributed by atoms with E-state index in [2.05, 4.69) is 10.6 Å². The fourth-order valence-corrected chi connectivity index (χ4v) is 0.203. The van der Waals surface area contributed by atoms with E-state index < -0.39 is 0 Å². The Hall–Kier alpha value is -0.730. The number of carbonyl (C=O) groups excluding carboxylic acids is 1. The van der Waals surface area contributed by atoms with Gasteiger partial charge in [0.15, 0.2) is 0 Å². The van der Waals surface area contributed by atoms with Crippen LogP contribution in [0.3, 0.4) is 0 Å². The lowest BCUT2D eigenvalue weighted by atomic mass is 10.7. The molecule has 0 unspecified atom stereocenters. The molecule has 41 valence electrons. The largest absolute Gasteiger partial charge is 0.341 e. The molecular formula is C4H9N2O. The maximum absolute atomic E-state index is 10.2. The SMILES string of the molecule is C[CH]NC(=O)NC. The smallest absolute Gasteiger partial charge is 0.314 e. The zero-order valence-corrected chi connectivity index (χ0v) is 4.49. The van der Waals surface area contributed by atoms with Crippen LogP contribution in [0.4, 0.5) is 4.79 Å². The summed E-state index contributed by atoms with van der Waals surface area (Å²) in [7, 11) is 1.57. The fourth-order valence-electron chi connectivity index (χ4n) is 0.203. The lowest BCUT2D eigenvalue weighted by Crippen LogP contribution is -2.29. The van der Waals surface area contributed by atoms with Crippen molar-refractivity contribution in [3.63, 3.8) is 0 Å². The summed E-state index contributed by atoms with van der Waals surface area (Å²) >= 11 is 0. The van der Waals surface area contributed by atoms with Crippen LogP contribution in [-0.2, 0) is 0 Å². The molecule has 0 saturated heterocycles. The number of rotatable bonds is 1. The van der Waals surface area contributed by atoms with Crippen molar-refractivity contribution in [3.05, 3.63) is 6.54 Å². The minimum Gasteiger partial charge on any atom is -0.341 e. The standard InChI is InChI=1S/C4H9N2O/c1-3-6-4(7)5-2/h3H,1-2H3,(H2,5,6,7). The van der Waals surface area contributed by atoms with E-state index in [1.165, 1.54) is 0 Å². The molecule has 3 heteroatoms. The fraction of sp³-hybridized carbons (Fsp3) is 0.500. The summed E-state index contributed by atoms with van der Waals surface area (Å²) in [6.07, 6.45) is 0. The molecular weight excluding hydrogens is 92.1 g/mol. The van der Waals surface area contributed by atoms with Gasteiger partial charge in [0.1, 0.15) is 0 Å². The Bertz CT molecular complexity index is 62.7. The van der Waals surface area contributed by atoms with Gasteiger partial charge in [-0.2, -0.15) is 0 Å². The molecule has 0 bridgehead atoms.